The number of nitrogens with zero attached hydrogens (tertiary/aromatic N) is 3. The third-order valence-corrected chi connectivity index (χ3v) is 6.03. The van der Waals surface area contributed by atoms with Crippen molar-refractivity contribution in [1.82, 2.24) is 14.3 Å². The van der Waals surface area contributed by atoms with Crippen LogP contribution < -0.4 is 0 Å². The molecular formula is C19H21N3OS. The van der Waals surface area contributed by atoms with Crippen LogP contribution in [0.15, 0.2) is 36.5 Å². The first-order valence-electron chi connectivity index (χ1n) is 8.50. The molecule has 124 valence electrons. The third-order valence-electron chi connectivity index (χ3n) is 4.88. The quantitative estimate of drug-likeness (QED) is 0.694. The standard InChI is InChI=1S/C19H21N3OS/c1-13-8-6-7-11-21(13)18(23)17-14(2)22-12-16(20-19(22)24-17)15-9-4-3-5-10-15/h3-5,9-10,12-13H,6-8,11H2,1-2H3/t13-/m0/s1. The lowest BCUT2D eigenvalue weighted by Gasteiger charge is -2.33. The Kier molecular flexibility index (Phi) is 3.88. The van der Waals surface area contributed by atoms with Gasteiger partial charge in [-0.15, -0.1) is 0 Å². The van der Waals surface area contributed by atoms with Crippen LogP contribution in [0.3, 0.4) is 0 Å². The number of fused-ring (bicyclic) bond motifs is 1. The molecule has 0 aliphatic carbocycles. The maximum Gasteiger partial charge on any atom is 0.266 e. The van der Waals surface area contributed by atoms with Gasteiger partial charge in [0.25, 0.3) is 5.91 Å². The number of carbonyl (C=O) groups is 1. The van der Waals surface area contributed by atoms with Crippen LogP contribution in [0.1, 0.15) is 41.6 Å². The molecule has 1 fully saturated rings. The van der Waals surface area contributed by atoms with E-state index in [4.69, 9.17) is 4.98 Å². The summed E-state index contributed by atoms with van der Waals surface area (Å²) in [6.45, 7) is 5.04. The van der Waals surface area contributed by atoms with Crippen molar-refractivity contribution in [1.29, 1.82) is 0 Å². The van der Waals surface area contributed by atoms with Crippen molar-refractivity contribution < 1.29 is 4.79 Å². The SMILES string of the molecule is Cc1c(C(=O)N2CCCC[C@@H]2C)sc2nc(-c3ccccc3)cn12. The normalized spacial score (nSPS) is 18.2. The Balaban J connectivity index is 1.69. The highest BCUT2D eigenvalue weighted by Gasteiger charge is 2.27. The summed E-state index contributed by atoms with van der Waals surface area (Å²) in [7, 11) is 0. The molecule has 2 aromatic heterocycles. The molecular weight excluding hydrogens is 318 g/mol. The predicted molar refractivity (Wildman–Crippen MR) is 97.6 cm³/mol. The molecule has 1 aliphatic rings. The Morgan fingerprint density at radius 2 is 2.04 bits per heavy atom. The molecule has 4 rings (SSSR count). The van der Waals surface area contributed by atoms with E-state index in [9.17, 15) is 4.79 Å². The lowest BCUT2D eigenvalue weighted by Crippen LogP contribution is -2.41. The minimum absolute atomic E-state index is 0.163. The number of piperidine rings is 1. The van der Waals surface area contributed by atoms with E-state index in [0.29, 0.717) is 6.04 Å². The fourth-order valence-electron chi connectivity index (χ4n) is 3.43. The van der Waals surface area contributed by atoms with Crippen LogP contribution in [0.5, 0.6) is 0 Å². The molecule has 0 spiro atoms. The maximum absolute atomic E-state index is 12.9. The van der Waals surface area contributed by atoms with Crippen LogP contribution >= 0.6 is 11.3 Å². The van der Waals surface area contributed by atoms with Gasteiger partial charge in [0, 0.05) is 30.0 Å². The van der Waals surface area contributed by atoms with Gasteiger partial charge in [-0.25, -0.2) is 4.98 Å². The summed E-state index contributed by atoms with van der Waals surface area (Å²) in [6, 6.07) is 10.5. The molecule has 24 heavy (non-hydrogen) atoms. The number of thiazole rings is 1. The topological polar surface area (TPSA) is 37.6 Å². The van der Waals surface area contributed by atoms with Crippen LogP contribution in [0.2, 0.25) is 0 Å². The van der Waals surface area contributed by atoms with Gasteiger partial charge in [-0.1, -0.05) is 41.7 Å². The van der Waals surface area contributed by atoms with Crippen LogP contribution in [0.4, 0.5) is 0 Å². The molecule has 0 unspecified atom stereocenters. The molecule has 5 heteroatoms. The van der Waals surface area contributed by atoms with E-state index < -0.39 is 0 Å². The number of aryl methyl sites for hydroxylation is 1. The second-order valence-corrected chi connectivity index (χ2v) is 7.48. The Morgan fingerprint density at radius 3 is 2.75 bits per heavy atom. The minimum Gasteiger partial charge on any atom is -0.335 e. The summed E-state index contributed by atoms with van der Waals surface area (Å²) in [4.78, 5) is 21.4. The molecule has 0 saturated carbocycles. The number of likely N-dealkylation sites (tertiary alicyclic amines) is 1. The summed E-state index contributed by atoms with van der Waals surface area (Å²) in [5.74, 6) is 0.163. The first kappa shape index (κ1) is 15.4. The van der Waals surface area contributed by atoms with Crippen molar-refractivity contribution in [2.75, 3.05) is 6.54 Å². The van der Waals surface area contributed by atoms with Crippen molar-refractivity contribution >= 4 is 22.2 Å². The highest BCUT2D eigenvalue weighted by atomic mass is 32.1. The zero-order chi connectivity index (χ0) is 16.7. The summed E-state index contributed by atoms with van der Waals surface area (Å²) < 4.78 is 2.05. The average Bonchev–Trinajstić information content (AvgIpc) is 3.15. The summed E-state index contributed by atoms with van der Waals surface area (Å²) in [6.07, 6.45) is 5.46. The van der Waals surface area contributed by atoms with Gasteiger partial charge in [-0.05, 0) is 33.1 Å². The van der Waals surface area contributed by atoms with Gasteiger partial charge in [0.1, 0.15) is 4.88 Å². The molecule has 4 nitrogen and oxygen atoms in total. The number of hydrogen-bond donors (Lipinski definition) is 0. The Labute approximate surface area is 145 Å². The highest BCUT2D eigenvalue weighted by molar-refractivity contribution is 7.19. The van der Waals surface area contributed by atoms with Gasteiger partial charge in [0.2, 0.25) is 0 Å². The Hall–Kier alpha value is -2.14. The molecule has 0 radical (unpaired) electrons. The van der Waals surface area contributed by atoms with E-state index in [1.165, 1.54) is 17.8 Å². The van der Waals surface area contributed by atoms with Crippen LogP contribution in [0.25, 0.3) is 16.2 Å². The van der Waals surface area contributed by atoms with Crippen molar-refractivity contribution in [3.63, 3.8) is 0 Å². The zero-order valence-electron chi connectivity index (χ0n) is 14.0. The van der Waals surface area contributed by atoms with E-state index in [2.05, 4.69) is 23.5 Å². The summed E-state index contributed by atoms with van der Waals surface area (Å²) >= 11 is 1.50. The van der Waals surface area contributed by atoms with Crippen molar-refractivity contribution in [2.24, 2.45) is 0 Å². The molecule has 0 N–H and O–H groups in total. The maximum atomic E-state index is 12.9. The molecule has 1 aromatic carbocycles. The number of imidazole rings is 1. The predicted octanol–water partition coefficient (Wildman–Crippen LogP) is 4.39. The van der Waals surface area contributed by atoms with Gasteiger partial charge < -0.3 is 4.90 Å². The fourth-order valence-corrected chi connectivity index (χ4v) is 4.49. The molecule has 1 amide bonds. The third kappa shape index (κ3) is 2.53. The molecule has 1 aliphatic heterocycles. The smallest absolute Gasteiger partial charge is 0.266 e. The van der Waals surface area contributed by atoms with E-state index >= 15 is 0 Å². The number of rotatable bonds is 2. The van der Waals surface area contributed by atoms with Crippen molar-refractivity contribution in [3.05, 3.63) is 47.1 Å². The molecule has 1 atom stereocenters. The Bertz CT molecular complexity index is 881. The van der Waals surface area contributed by atoms with Gasteiger partial charge in [-0.2, -0.15) is 0 Å². The molecule has 0 bridgehead atoms. The van der Waals surface area contributed by atoms with E-state index in [1.807, 2.05) is 36.2 Å². The zero-order valence-corrected chi connectivity index (χ0v) is 14.8. The highest BCUT2D eigenvalue weighted by Crippen LogP contribution is 2.29. The van der Waals surface area contributed by atoms with E-state index in [0.717, 1.165) is 46.2 Å². The minimum atomic E-state index is 0.163. The van der Waals surface area contributed by atoms with Crippen LogP contribution in [-0.2, 0) is 0 Å². The summed E-state index contributed by atoms with van der Waals surface area (Å²) in [5.41, 5.74) is 3.05. The molecule has 3 heterocycles. The fraction of sp³-hybridized carbons (Fsp3) is 0.368. The van der Waals surface area contributed by atoms with Crippen LogP contribution in [-0.4, -0.2) is 32.8 Å². The number of benzene rings is 1. The van der Waals surface area contributed by atoms with Gasteiger partial charge >= 0.3 is 0 Å². The number of carbonyl (C=O) groups excluding carboxylic acids is 1. The van der Waals surface area contributed by atoms with Crippen molar-refractivity contribution in [2.45, 2.75) is 39.2 Å². The second-order valence-electron chi connectivity index (χ2n) is 6.50. The molecule has 1 saturated heterocycles. The second kappa shape index (κ2) is 6.06. The van der Waals surface area contributed by atoms with Gasteiger partial charge in [0.15, 0.2) is 4.96 Å². The average molecular weight is 339 g/mol. The van der Waals surface area contributed by atoms with Crippen LogP contribution in [0, 0.1) is 6.92 Å². The van der Waals surface area contributed by atoms with Gasteiger partial charge in [-0.3, -0.25) is 9.20 Å². The molecule has 3 aromatic rings. The number of amides is 1. The van der Waals surface area contributed by atoms with Gasteiger partial charge in [0.05, 0.1) is 5.69 Å². The van der Waals surface area contributed by atoms with Crippen molar-refractivity contribution in [3.8, 4) is 11.3 Å². The first-order valence-corrected chi connectivity index (χ1v) is 9.31. The first-order chi connectivity index (χ1) is 11.6. The number of hydrogen-bond acceptors (Lipinski definition) is 3. The van der Waals surface area contributed by atoms with E-state index in [-0.39, 0.29) is 5.91 Å². The summed E-state index contributed by atoms with van der Waals surface area (Å²) in [5, 5.41) is 0. The monoisotopic (exact) mass is 339 g/mol. The Morgan fingerprint density at radius 1 is 1.25 bits per heavy atom. The largest absolute Gasteiger partial charge is 0.335 e. The lowest BCUT2D eigenvalue weighted by atomic mass is 10.0. The lowest BCUT2D eigenvalue weighted by molar-refractivity contribution is 0.0639. The number of aromatic nitrogens is 2. The van der Waals surface area contributed by atoms with E-state index in [1.54, 1.807) is 0 Å².